The van der Waals surface area contributed by atoms with Gasteiger partial charge in [-0.2, -0.15) is 0 Å². The maximum absolute atomic E-state index is 14.8. The van der Waals surface area contributed by atoms with Crippen molar-refractivity contribution in [2.75, 3.05) is 25.0 Å². The summed E-state index contributed by atoms with van der Waals surface area (Å²) >= 11 is 0. The van der Waals surface area contributed by atoms with Crippen LogP contribution in [0.5, 0.6) is 0 Å². The maximum atomic E-state index is 14.8. The number of fused-ring (bicyclic) bond motifs is 5. The Bertz CT molecular complexity index is 937. The predicted molar refractivity (Wildman–Crippen MR) is 95.4 cm³/mol. The number of pyridine rings is 1. The molecule has 4 nitrogen and oxygen atoms in total. The second kappa shape index (κ2) is 5.53. The largest absolute Gasteiger partial charge is 0.365 e. The highest BCUT2D eigenvalue weighted by atomic mass is 19.1. The number of rotatable bonds is 0. The van der Waals surface area contributed by atoms with Gasteiger partial charge in [0.15, 0.2) is 5.82 Å². The van der Waals surface area contributed by atoms with Crippen LogP contribution in [0.2, 0.25) is 0 Å². The lowest BCUT2D eigenvalue weighted by molar-refractivity contribution is 0.192. The monoisotopic (exact) mass is 347 g/mol. The second-order valence-corrected chi connectivity index (χ2v) is 7.52. The number of aryl methyl sites for hydroxylation is 1. The van der Waals surface area contributed by atoms with Crippen molar-refractivity contribution in [2.45, 2.75) is 38.8 Å². The summed E-state index contributed by atoms with van der Waals surface area (Å²) in [5.41, 5.74) is 1.42. The third kappa shape index (κ3) is 2.23. The van der Waals surface area contributed by atoms with Crippen LogP contribution in [0.25, 0.3) is 10.9 Å². The van der Waals surface area contributed by atoms with Crippen LogP contribution in [0.15, 0.2) is 10.9 Å². The normalized spacial score (nSPS) is 23.7. The molecule has 1 saturated heterocycles. The summed E-state index contributed by atoms with van der Waals surface area (Å²) in [5, 5.41) is 0.513. The Labute approximate surface area is 145 Å². The lowest BCUT2D eigenvalue weighted by atomic mass is 9.91. The first-order valence-electron chi connectivity index (χ1n) is 8.78. The molecule has 2 unspecified atom stereocenters. The number of anilines is 1. The highest BCUT2D eigenvalue weighted by Gasteiger charge is 2.36. The summed E-state index contributed by atoms with van der Waals surface area (Å²) in [4.78, 5) is 17.4. The molecule has 4 rings (SSSR count). The van der Waals surface area contributed by atoms with Gasteiger partial charge in [0.25, 0.3) is 5.56 Å². The minimum absolute atomic E-state index is 0.0402. The summed E-state index contributed by atoms with van der Waals surface area (Å²) in [7, 11) is 3.67. The minimum Gasteiger partial charge on any atom is -0.365 e. The Morgan fingerprint density at radius 2 is 1.92 bits per heavy atom. The van der Waals surface area contributed by atoms with Gasteiger partial charge in [-0.05, 0) is 39.8 Å². The SMILES string of the molecule is Cc1c(F)cc2c3c(c(=O)n(C)c2c1F)CCC1CN(C)C(C)CN31. The molecule has 25 heavy (non-hydrogen) atoms. The first kappa shape index (κ1) is 16.5. The molecular formula is C19H23F2N3O. The van der Waals surface area contributed by atoms with E-state index in [1.54, 1.807) is 7.05 Å². The first-order chi connectivity index (χ1) is 11.8. The van der Waals surface area contributed by atoms with Crippen LogP contribution in [0, 0.1) is 18.6 Å². The maximum Gasteiger partial charge on any atom is 0.256 e. The van der Waals surface area contributed by atoms with Gasteiger partial charge >= 0.3 is 0 Å². The van der Waals surface area contributed by atoms with E-state index in [0.29, 0.717) is 23.4 Å². The molecule has 0 amide bonds. The molecule has 6 heteroatoms. The zero-order valence-electron chi connectivity index (χ0n) is 15.1. The third-order valence-electron chi connectivity index (χ3n) is 6.03. The lowest BCUT2D eigenvalue weighted by Crippen LogP contribution is -2.58. The molecule has 0 N–H and O–H groups in total. The van der Waals surface area contributed by atoms with Gasteiger partial charge in [0.1, 0.15) is 5.82 Å². The van der Waals surface area contributed by atoms with Crippen LogP contribution < -0.4 is 10.5 Å². The van der Waals surface area contributed by atoms with Crippen LogP contribution in [-0.2, 0) is 13.5 Å². The van der Waals surface area contributed by atoms with Crippen molar-refractivity contribution in [3.63, 3.8) is 0 Å². The highest BCUT2D eigenvalue weighted by molar-refractivity contribution is 5.95. The van der Waals surface area contributed by atoms with E-state index in [2.05, 4.69) is 23.8 Å². The molecule has 1 aromatic carbocycles. The number of halogens is 2. The van der Waals surface area contributed by atoms with Crippen molar-refractivity contribution in [1.29, 1.82) is 0 Å². The van der Waals surface area contributed by atoms with Gasteiger partial charge in [-0.3, -0.25) is 9.69 Å². The van der Waals surface area contributed by atoms with Crippen molar-refractivity contribution in [3.8, 4) is 0 Å². The fourth-order valence-electron chi connectivity index (χ4n) is 4.35. The molecule has 1 aromatic heterocycles. The molecule has 134 valence electrons. The van der Waals surface area contributed by atoms with Crippen molar-refractivity contribution in [1.82, 2.24) is 9.47 Å². The van der Waals surface area contributed by atoms with E-state index in [1.165, 1.54) is 17.6 Å². The topological polar surface area (TPSA) is 28.5 Å². The van der Waals surface area contributed by atoms with E-state index < -0.39 is 11.6 Å². The molecule has 2 aliphatic heterocycles. The number of hydrogen-bond acceptors (Lipinski definition) is 3. The summed E-state index contributed by atoms with van der Waals surface area (Å²) in [6.07, 6.45) is 1.54. The molecular weight excluding hydrogens is 324 g/mol. The van der Waals surface area contributed by atoms with Gasteiger partial charge in [-0.25, -0.2) is 8.78 Å². The second-order valence-electron chi connectivity index (χ2n) is 7.52. The number of benzene rings is 1. The quantitative estimate of drug-likeness (QED) is 0.733. The molecule has 2 aliphatic rings. The Balaban J connectivity index is 2.06. The van der Waals surface area contributed by atoms with E-state index in [1.807, 2.05) is 0 Å². The molecule has 0 bridgehead atoms. The summed E-state index contributed by atoms with van der Waals surface area (Å²) in [5.74, 6) is -1.20. The minimum atomic E-state index is -0.637. The van der Waals surface area contributed by atoms with E-state index in [0.717, 1.165) is 25.2 Å². The summed E-state index contributed by atoms with van der Waals surface area (Å²) < 4.78 is 30.5. The third-order valence-corrected chi connectivity index (χ3v) is 6.03. The molecule has 3 heterocycles. The van der Waals surface area contributed by atoms with Crippen molar-refractivity contribution >= 4 is 16.6 Å². The van der Waals surface area contributed by atoms with Gasteiger partial charge in [-0.15, -0.1) is 0 Å². The molecule has 0 aliphatic carbocycles. The van der Waals surface area contributed by atoms with Gasteiger partial charge in [0.2, 0.25) is 0 Å². The van der Waals surface area contributed by atoms with Gasteiger partial charge in [-0.1, -0.05) is 0 Å². The average molecular weight is 347 g/mol. The first-order valence-corrected chi connectivity index (χ1v) is 8.78. The molecule has 0 spiro atoms. The molecule has 0 radical (unpaired) electrons. The fraction of sp³-hybridized carbons (Fsp3) is 0.526. The Morgan fingerprint density at radius 3 is 2.64 bits per heavy atom. The lowest BCUT2D eigenvalue weighted by Gasteiger charge is -2.48. The number of nitrogens with zero attached hydrogens (tertiary/aromatic N) is 3. The van der Waals surface area contributed by atoms with E-state index >= 15 is 0 Å². The number of piperazine rings is 1. The van der Waals surface area contributed by atoms with E-state index in [9.17, 15) is 13.6 Å². The van der Waals surface area contributed by atoms with E-state index in [4.69, 9.17) is 0 Å². The van der Waals surface area contributed by atoms with Crippen LogP contribution in [-0.4, -0.2) is 41.7 Å². The standard InChI is InChI=1S/C19H23F2N3O/c1-10-8-24-12(9-22(10)3)5-6-13-17(24)14-7-15(20)11(2)16(21)18(14)23(4)19(13)25/h7,10,12H,5-6,8-9H2,1-4H3. The molecule has 1 fully saturated rings. The van der Waals surface area contributed by atoms with Gasteiger partial charge < -0.3 is 9.47 Å². The van der Waals surface area contributed by atoms with Crippen LogP contribution in [0.3, 0.4) is 0 Å². The van der Waals surface area contributed by atoms with Crippen LogP contribution in [0.1, 0.15) is 24.5 Å². The fourth-order valence-corrected chi connectivity index (χ4v) is 4.35. The Hall–Kier alpha value is -1.95. The zero-order chi connectivity index (χ0) is 18.0. The molecule has 2 aromatic rings. The summed E-state index contributed by atoms with van der Waals surface area (Å²) in [6.45, 7) is 5.20. The number of likely N-dealkylation sites (N-methyl/N-ethyl adjacent to an activating group) is 1. The highest BCUT2D eigenvalue weighted by Crippen LogP contribution is 2.39. The number of aromatic nitrogens is 1. The average Bonchev–Trinajstić information content (AvgIpc) is 2.57. The van der Waals surface area contributed by atoms with Gasteiger partial charge in [0, 0.05) is 48.7 Å². The van der Waals surface area contributed by atoms with E-state index in [-0.39, 0.29) is 22.7 Å². The zero-order valence-corrected chi connectivity index (χ0v) is 15.1. The van der Waals surface area contributed by atoms with Crippen LogP contribution in [0.4, 0.5) is 14.5 Å². The predicted octanol–water partition coefficient (Wildman–Crippen LogP) is 2.58. The van der Waals surface area contributed by atoms with Crippen molar-refractivity contribution in [2.24, 2.45) is 7.05 Å². The Kier molecular flexibility index (Phi) is 3.65. The van der Waals surface area contributed by atoms with Gasteiger partial charge in [0.05, 0.1) is 11.2 Å². The summed E-state index contributed by atoms with van der Waals surface area (Å²) in [6, 6.07) is 2.00. The van der Waals surface area contributed by atoms with Crippen LogP contribution >= 0.6 is 0 Å². The molecule has 0 saturated carbocycles. The Morgan fingerprint density at radius 1 is 1.20 bits per heavy atom. The molecule has 2 atom stereocenters. The number of hydrogen-bond donors (Lipinski definition) is 0. The van der Waals surface area contributed by atoms with Crippen molar-refractivity contribution in [3.05, 3.63) is 39.2 Å². The smallest absolute Gasteiger partial charge is 0.256 e. The van der Waals surface area contributed by atoms with Crippen molar-refractivity contribution < 1.29 is 8.78 Å².